The van der Waals surface area contributed by atoms with E-state index < -0.39 is 0 Å². The minimum atomic E-state index is 0.243. The fraction of sp³-hybridized carbons (Fsp3) is 0.600. The largest absolute Gasteiger partial charge is 0.122 e. The Morgan fingerprint density at radius 1 is 1.12 bits per heavy atom. The van der Waals surface area contributed by atoms with Crippen LogP contribution in [0.2, 0.25) is 5.02 Å². The first kappa shape index (κ1) is 14.9. The topological polar surface area (TPSA) is 0 Å². The van der Waals surface area contributed by atoms with Gasteiger partial charge in [-0.15, -0.1) is 11.6 Å². The van der Waals surface area contributed by atoms with Crippen LogP contribution in [0.1, 0.15) is 45.1 Å². The first-order valence-corrected chi connectivity index (χ1v) is 7.37. The first-order chi connectivity index (χ1) is 8.17. The molecule has 0 aliphatic carbocycles. The molecule has 0 amide bonds. The van der Waals surface area contributed by atoms with E-state index in [4.69, 9.17) is 23.2 Å². The molecule has 0 aromatic heterocycles. The fourth-order valence-corrected chi connectivity index (χ4v) is 2.73. The fourth-order valence-electron chi connectivity index (χ4n) is 2.12. The van der Waals surface area contributed by atoms with Crippen molar-refractivity contribution in [3.63, 3.8) is 0 Å². The quantitative estimate of drug-likeness (QED) is 0.558. The Morgan fingerprint density at radius 2 is 1.76 bits per heavy atom. The van der Waals surface area contributed by atoms with E-state index in [9.17, 15) is 0 Å². The van der Waals surface area contributed by atoms with Crippen LogP contribution in [-0.2, 0) is 6.42 Å². The molecule has 96 valence electrons. The number of unbranched alkanes of at least 4 members (excludes halogenated alkanes) is 1. The third-order valence-corrected chi connectivity index (χ3v) is 4.07. The van der Waals surface area contributed by atoms with Gasteiger partial charge >= 0.3 is 0 Å². The summed E-state index contributed by atoms with van der Waals surface area (Å²) >= 11 is 12.4. The predicted molar refractivity (Wildman–Crippen MR) is 78.1 cm³/mol. The molecule has 0 radical (unpaired) electrons. The predicted octanol–water partition coefficient (Wildman–Crippen LogP) is 5.71. The summed E-state index contributed by atoms with van der Waals surface area (Å²) in [7, 11) is 0. The van der Waals surface area contributed by atoms with E-state index >= 15 is 0 Å². The lowest BCUT2D eigenvalue weighted by atomic mass is 9.92. The highest BCUT2D eigenvalue weighted by Crippen LogP contribution is 2.25. The first-order valence-electron chi connectivity index (χ1n) is 6.55. The molecular weight excluding hydrogens is 251 g/mol. The third-order valence-electron chi connectivity index (χ3n) is 3.31. The molecule has 0 bridgehead atoms. The Balaban J connectivity index is 2.51. The van der Waals surface area contributed by atoms with Gasteiger partial charge in [0.1, 0.15) is 0 Å². The van der Waals surface area contributed by atoms with Crippen LogP contribution in [0, 0.1) is 5.92 Å². The molecule has 2 heteroatoms. The van der Waals surface area contributed by atoms with Gasteiger partial charge in [-0.1, -0.05) is 56.8 Å². The highest BCUT2D eigenvalue weighted by atomic mass is 35.5. The number of rotatable bonds is 7. The van der Waals surface area contributed by atoms with Crippen LogP contribution in [0.5, 0.6) is 0 Å². The van der Waals surface area contributed by atoms with Gasteiger partial charge in [-0.3, -0.25) is 0 Å². The van der Waals surface area contributed by atoms with Crippen LogP contribution in [0.3, 0.4) is 0 Å². The zero-order valence-electron chi connectivity index (χ0n) is 10.8. The lowest BCUT2D eigenvalue weighted by Crippen LogP contribution is -2.17. The van der Waals surface area contributed by atoms with Gasteiger partial charge in [0.25, 0.3) is 0 Å². The van der Waals surface area contributed by atoms with E-state index in [0.717, 1.165) is 11.4 Å². The van der Waals surface area contributed by atoms with Crippen molar-refractivity contribution in [2.45, 2.75) is 51.3 Å². The second kappa shape index (κ2) is 8.00. The third kappa shape index (κ3) is 5.31. The molecule has 0 nitrogen and oxygen atoms in total. The lowest BCUT2D eigenvalue weighted by molar-refractivity contribution is 0.428. The molecule has 0 aliphatic heterocycles. The van der Waals surface area contributed by atoms with Crippen LogP contribution < -0.4 is 0 Å². The minimum Gasteiger partial charge on any atom is -0.122 e. The van der Waals surface area contributed by atoms with Crippen molar-refractivity contribution in [1.82, 2.24) is 0 Å². The SMILES string of the molecule is CCCCC(CC)C(Cl)Cc1ccc(Cl)cc1. The zero-order valence-corrected chi connectivity index (χ0v) is 12.3. The monoisotopic (exact) mass is 272 g/mol. The number of alkyl halides is 1. The molecule has 2 unspecified atom stereocenters. The van der Waals surface area contributed by atoms with Crippen molar-refractivity contribution in [3.8, 4) is 0 Å². The van der Waals surface area contributed by atoms with Crippen LogP contribution in [0.15, 0.2) is 24.3 Å². The second-order valence-electron chi connectivity index (χ2n) is 4.66. The highest BCUT2D eigenvalue weighted by Gasteiger charge is 2.17. The van der Waals surface area contributed by atoms with Crippen molar-refractivity contribution in [2.24, 2.45) is 5.92 Å². The minimum absolute atomic E-state index is 0.243. The van der Waals surface area contributed by atoms with Crippen LogP contribution in [0.4, 0.5) is 0 Å². The molecule has 0 heterocycles. The number of benzene rings is 1. The summed E-state index contributed by atoms with van der Waals surface area (Å²) in [6.07, 6.45) is 5.89. The standard InChI is InChI=1S/C15H22Cl2/c1-3-5-6-13(4-2)15(17)11-12-7-9-14(16)10-8-12/h7-10,13,15H,3-6,11H2,1-2H3. The van der Waals surface area contributed by atoms with Gasteiger partial charge in [0.2, 0.25) is 0 Å². The number of hydrogen-bond donors (Lipinski definition) is 0. The van der Waals surface area contributed by atoms with E-state index in [1.807, 2.05) is 12.1 Å². The van der Waals surface area contributed by atoms with Crippen molar-refractivity contribution >= 4 is 23.2 Å². The number of halogens is 2. The van der Waals surface area contributed by atoms with Gasteiger partial charge in [-0.2, -0.15) is 0 Å². The summed E-state index contributed by atoms with van der Waals surface area (Å²) in [4.78, 5) is 0. The van der Waals surface area contributed by atoms with E-state index in [1.165, 1.54) is 31.2 Å². The van der Waals surface area contributed by atoms with Gasteiger partial charge in [0.05, 0.1) is 0 Å². The summed E-state index contributed by atoms with van der Waals surface area (Å²) in [6.45, 7) is 4.47. The van der Waals surface area contributed by atoms with Gasteiger partial charge in [0, 0.05) is 10.4 Å². The molecule has 1 rings (SSSR count). The molecule has 2 atom stereocenters. The van der Waals surface area contributed by atoms with E-state index in [0.29, 0.717) is 5.92 Å². The smallest absolute Gasteiger partial charge is 0.0406 e. The van der Waals surface area contributed by atoms with Crippen LogP contribution in [0.25, 0.3) is 0 Å². The van der Waals surface area contributed by atoms with E-state index in [-0.39, 0.29) is 5.38 Å². The van der Waals surface area contributed by atoms with Gasteiger partial charge in [-0.05, 0) is 36.5 Å². The van der Waals surface area contributed by atoms with Crippen molar-refractivity contribution in [3.05, 3.63) is 34.9 Å². The van der Waals surface area contributed by atoms with Crippen LogP contribution in [-0.4, -0.2) is 5.38 Å². The zero-order chi connectivity index (χ0) is 12.7. The van der Waals surface area contributed by atoms with Gasteiger partial charge < -0.3 is 0 Å². The average Bonchev–Trinajstić information content (AvgIpc) is 2.33. The van der Waals surface area contributed by atoms with Gasteiger partial charge in [-0.25, -0.2) is 0 Å². The molecule has 0 saturated carbocycles. The highest BCUT2D eigenvalue weighted by molar-refractivity contribution is 6.30. The molecule has 0 saturated heterocycles. The molecule has 1 aromatic carbocycles. The Bertz CT molecular complexity index is 305. The molecule has 0 N–H and O–H groups in total. The Kier molecular flexibility index (Phi) is 6.99. The molecule has 0 aliphatic rings. The van der Waals surface area contributed by atoms with E-state index in [1.54, 1.807) is 0 Å². The summed E-state index contributed by atoms with van der Waals surface area (Å²) < 4.78 is 0. The maximum atomic E-state index is 6.52. The Morgan fingerprint density at radius 3 is 2.29 bits per heavy atom. The molecule has 0 spiro atoms. The molecular formula is C15H22Cl2. The molecule has 1 aromatic rings. The van der Waals surface area contributed by atoms with Crippen molar-refractivity contribution in [1.29, 1.82) is 0 Å². The van der Waals surface area contributed by atoms with Crippen molar-refractivity contribution < 1.29 is 0 Å². The summed E-state index contributed by atoms with van der Waals surface area (Å²) in [6, 6.07) is 8.02. The average molecular weight is 273 g/mol. The molecule has 17 heavy (non-hydrogen) atoms. The summed E-state index contributed by atoms with van der Waals surface area (Å²) in [5.74, 6) is 0.632. The normalized spacial score (nSPS) is 14.6. The van der Waals surface area contributed by atoms with Crippen LogP contribution >= 0.6 is 23.2 Å². The van der Waals surface area contributed by atoms with Gasteiger partial charge in [0.15, 0.2) is 0 Å². The lowest BCUT2D eigenvalue weighted by Gasteiger charge is -2.20. The molecule has 0 fully saturated rings. The summed E-state index contributed by atoms with van der Waals surface area (Å²) in [5, 5.41) is 1.03. The summed E-state index contributed by atoms with van der Waals surface area (Å²) in [5.41, 5.74) is 1.28. The maximum absolute atomic E-state index is 6.52. The number of hydrogen-bond acceptors (Lipinski definition) is 0. The Hall–Kier alpha value is -0.200. The van der Waals surface area contributed by atoms with Crippen molar-refractivity contribution in [2.75, 3.05) is 0 Å². The Labute approximate surface area is 115 Å². The van der Waals surface area contributed by atoms with E-state index in [2.05, 4.69) is 26.0 Å². The maximum Gasteiger partial charge on any atom is 0.0406 e. The second-order valence-corrected chi connectivity index (χ2v) is 5.65.